The van der Waals surface area contributed by atoms with Crippen molar-refractivity contribution in [2.75, 3.05) is 0 Å². The van der Waals surface area contributed by atoms with Crippen LogP contribution < -0.4 is 3.95 Å². The smallest absolute Gasteiger partial charge is 0.319 e. The van der Waals surface area contributed by atoms with E-state index < -0.39 is 30.7 Å². The van der Waals surface area contributed by atoms with Gasteiger partial charge in [-0.25, -0.2) is 0 Å². The summed E-state index contributed by atoms with van der Waals surface area (Å²) in [6.07, 6.45) is 20.3. The first kappa shape index (κ1) is 38.1. The Bertz CT molecular complexity index is 619. The van der Waals surface area contributed by atoms with E-state index in [0.29, 0.717) is 0 Å². The molecule has 0 aromatic heterocycles. The third-order valence-electron chi connectivity index (χ3n) is 5.07. The third-order valence-corrected chi connectivity index (χ3v) is 11.2. The van der Waals surface area contributed by atoms with Crippen LogP contribution in [0.25, 0.3) is 0 Å². The van der Waals surface area contributed by atoms with Crippen LogP contribution in [0.15, 0.2) is 30.3 Å². The molecule has 1 aromatic carbocycles. The summed E-state index contributed by atoms with van der Waals surface area (Å²) in [5, 5.41) is 0. The molecule has 0 aliphatic heterocycles. The molecule has 35 heavy (non-hydrogen) atoms. The second-order valence-corrected chi connectivity index (χ2v) is 19.1. The molecule has 0 bridgehead atoms. The van der Waals surface area contributed by atoms with E-state index in [1.165, 1.54) is 89.9 Å². The molecular weight excluding hydrogens is 606 g/mol. The maximum absolute atomic E-state index is 7.56. The van der Waals surface area contributed by atoms with Crippen LogP contribution in [0.1, 0.15) is 104 Å². The quantitative estimate of drug-likeness (QED) is 0.0628. The Morgan fingerprint density at radius 2 is 0.829 bits per heavy atom. The van der Waals surface area contributed by atoms with Gasteiger partial charge in [-0.1, -0.05) is 0 Å². The van der Waals surface area contributed by atoms with Gasteiger partial charge in [0.1, 0.15) is 0 Å². The molecule has 11 heteroatoms. The van der Waals surface area contributed by atoms with Crippen molar-refractivity contribution in [1.29, 1.82) is 0 Å². The molecule has 0 saturated heterocycles. The Morgan fingerprint density at radius 1 is 0.543 bits per heavy atom. The maximum Gasteiger partial charge on any atom is 0.319 e. The van der Waals surface area contributed by atoms with Crippen LogP contribution in [0.5, 0.6) is 0 Å². The van der Waals surface area contributed by atoms with Gasteiger partial charge in [-0.2, -0.15) is 0 Å². The molecule has 0 atom stereocenters. The van der Waals surface area contributed by atoms with Crippen molar-refractivity contribution in [3.63, 3.8) is 0 Å². The summed E-state index contributed by atoms with van der Waals surface area (Å²) in [4.78, 5) is 48.5. The fraction of sp³-hybridized carbons (Fsp3) is 0.750. The number of benzene rings is 1. The molecule has 0 unspecified atom stereocenters. The number of unbranched alkanes of at least 4 members (excludes halogenated alkanes) is 12. The fourth-order valence-corrected chi connectivity index (χ4v) is 9.13. The van der Waals surface area contributed by atoms with Crippen LogP contribution in [0.2, 0.25) is 9.62 Å². The van der Waals surface area contributed by atoms with E-state index in [-0.39, 0.29) is 0 Å². The Hall–Kier alpha value is 0.968. The first-order valence-electron chi connectivity index (χ1n) is 12.7. The topological polar surface area (TPSA) is 121 Å². The molecule has 1 rings (SSSR count). The van der Waals surface area contributed by atoms with Gasteiger partial charge < -0.3 is 29.4 Å². The van der Waals surface area contributed by atoms with E-state index in [9.17, 15) is 0 Å². The Kier molecular flexibility index (Phi) is 27.5. The molecule has 0 heterocycles. The van der Waals surface area contributed by atoms with Crippen LogP contribution in [-0.4, -0.2) is 29.4 Å². The molecular formula is C24H49MoO6P2S2. The Morgan fingerprint density at radius 3 is 1.14 bits per heavy atom. The Labute approximate surface area is 230 Å². The minimum Gasteiger partial charge on any atom is -0.325 e. The molecule has 209 valence electrons. The van der Waals surface area contributed by atoms with Crippen molar-refractivity contribution < 1.29 is 46.7 Å². The predicted molar refractivity (Wildman–Crippen MR) is 154 cm³/mol. The molecule has 0 spiro atoms. The summed E-state index contributed by atoms with van der Waals surface area (Å²) in [5.41, 5.74) is 0. The van der Waals surface area contributed by atoms with Crippen LogP contribution in [-0.2, 0) is 40.9 Å². The zero-order valence-corrected chi connectivity index (χ0v) is 26.9. The zero-order chi connectivity index (χ0) is 27.0. The zero-order valence-electron chi connectivity index (χ0n) is 21.5. The van der Waals surface area contributed by atoms with Gasteiger partial charge in [0.25, 0.3) is 0 Å². The van der Waals surface area contributed by atoms with Gasteiger partial charge in [-0.05, 0) is 23.6 Å². The molecule has 0 saturated carbocycles. The van der Waals surface area contributed by atoms with Crippen molar-refractivity contribution in [2.24, 2.45) is 0 Å². The fourth-order valence-electron chi connectivity index (χ4n) is 3.42. The van der Waals surface area contributed by atoms with Gasteiger partial charge in [-0.3, -0.25) is 0 Å². The molecule has 0 aliphatic carbocycles. The van der Waals surface area contributed by atoms with E-state index >= 15 is 0 Å². The maximum atomic E-state index is 7.56. The van der Waals surface area contributed by atoms with Gasteiger partial charge in [-0.15, -0.1) is 0 Å². The molecule has 0 amide bonds. The molecule has 0 radical (unpaired) electrons. The second kappa shape index (κ2) is 25.3. The molecule has 6 N–H and O–H groups in total. The van der Waals surface area contributed by atoms with Crippen LogP contribution in [0, 0.1) is 0 Å². The molecule has 6 nitrogen and oxygen atoms in total. The summed E-state index contributed by atoms with van der Waals surface area (Å²) < 4.78 is 1.75. The van der Waals surface area contributed by atoms with E-state index in [2.05, 4.69) is 67.8 Å². The van der Waals surface area contributed by atoms with Crippen molar-refractivity contribution in [3.8, 4) is 0 Å². The first-order valence-corrected chi connectivity index (χ1v) is 21.8. The minimum atomic E-state index is -3.81. The summed E-state index contributed by atoms with van der Waals surface area (Å²) in [6.45, 7) is -3.00. The van der Waals surface area contributed by atoms with Gasteiger partial charge in [0.15, 0.2) is 0 Å². The van der Waals surface area contributed by atoms with Crippen molar-refractivity contribution in [1.82, 2.24) is 0 Å². The van der Waals surface area contributed by atoms with Crippen molar-refractivity contribution in [2.45, 2.75) is 113 Å². The van der Waals surface area contributed by atoms with Gasteiger partial charge in [0, 0.05) is 0 Å². The molecule has 0 fully saturated rings. The van der Waals surface area contributed by atoms with Gasteiger partial charge in [0.05, 0.1) is 0 Å². The SMILES string of the molecule is CCCCCCCC[CH2][Mo]([CH2]CCCCCCCC)[c]1ccccc1.OP(O)(O)=S.OP(O)(O)=S. The first-order chi connectivity index (χ1) is 16.4. The molecule has 1 aromatic rings. The third kappa shape index (κ3) is 39.6. The standard InChI is InChI=1S/2C9H19.C6H5.Mo.2H3O3PS/c2*1-3-5-7-9-8-6-4-2;1-2-4-6-5-3-1;;2*1-4(2,3)5/h2*1,3-9H2,2H3;1-5H;;2*(H3,1,2,3,5). The van der Waals surface area contributed by atoms with Crippen LogP contribution in [0.3, 0.4) is 0 Å². The van der Waals surface area contributed by atoms with E-state index in [1.54, 1.807) is 13.6 Å². The monoisotopic (exact) mass is 657 g/mol. The summed E-state index contributed by atoms with van der Waals surface area (Å²) >= 11 is 6.15. The largest absolute Gasteiger partial charge is 0.325 e. The van der Waals surface area contributed by atoms with Crippen molar-refractivity contribution in [3.05, 3.63) is 30.3 Å². The van der Waals surface area contributed by atoms with Gasteiger partial charge >= 0.3 is 178 Å². The number of hydrogen-bond acceptors (Lipinski definition) is 2. The van der Waals surface area contributed by atoms with Crippen LogP contribution >= 0.6 is 13.4 Å². The average molecular weight is 656 g/mol. The number of rotatable bonds is 17. The minimum absolute atomic E-state index is 1.06. The summed E-state index contributed by atoms with van der Waals surface area (Å²) in [5.74, 6) is 0. The summed E-state index contributed by atoms with van der Waals surface area (Å²) in [7, 11) is 0. The van der Waals surface area contributed by atoms with Crippen LogP contribution in [0.4, 0.5) is 0 Å². The second-order valence-electron chi connectivity index (χ2n) is 8.48. The normalized spacial score (nSPS) is 11.5. The average Bonchev–Trinajstić information content (AvgIpc) is 2.75. The van der Waals surface area contributed by atoms with Gasteiger partial charge in [0.2, 0.25) is 0 Å². The Balaban J connectivity index is 0. The summed E-state index contributed by atoms with van der Waals surface area (Å²) in [6, 6.07) is 11.6. The number of hydrogen-bond donors (Lipinski definition) is 6. The molecule has 0 aliphatic rings. The predicted octanol–water partition coefficient (Wildman–Crippen LogP) is 6.64. The van der Waals surface area contributed by atoms with Crippen molar-refractivity contribution >= 4 is 41.0 Å². The van der Waals surface area contributed by atoms with E-state index in [4.69, 9.17) is 29.4 Å². The van der Waals surface area contributed by atoms with E-state index in [1.807, 2.05) is 0 Å². The van der Waals surface area contributed by atoms with E-state index in [0.717, 1.165) is 0 Å².